The predicted molar refractivity (Wildman–Crippen MR) is 126 cm³/mol. The van der Waals surface area contributed by atoms with Crippen LogP contribution in [0.3, 0.4) is 0 Å². The van der Waals surface area contributed by atoms with E-state index in [1.165, 1.54) is 17.6 Å². The Labute approximate surface area is 195 Å². The molecule has 1 amide bonds. The Hall–Kier alpha value is -3.03. The highest BCUT2D eigenvalue weighted by molar-refractivity contribution is 5.90. The highest BCUT2D eigenvalue weighted by Crippen LogP contribution is 2.14. The number of ether oxygens (including phenoxy) is 1. The second kappa shape index (κ2) is 14.2. The van der Waals surface area contributed by atoms with Gasteiger partial charge in [0.05, 0.1) is 19.2 Å². The van der Waals surface area contributed by atoms with Crippen molar-refractivity contribution in [3.8, 4) is 0 Å². The molecule has 1 heterocycles. The van der Waals surface area contributed by atoms with Crippen LogP contribution in [0.5, 0.6) is 0 Å². The lowest BCUT2D eigenvalue weighted by molar-refractivity contribution is -0.137. The van der Waals surface area contributed by atoms with Crippen LogP contribution in [-0.2, 0) is 36.9 Å². The number of esters is 1. The van der Waals surface area contributed by atoms with Gasteiger partial charge >= 0.3 is 5.97 Å². The van der Waals surface area contributed by atoms with E-state index in [1.807, 2.05) is 6.92 Å². The summed E-state index contributed by atoms with van der Waals surface area (Å²) in [5.41, 5.74) is -0.121. The number of rotatable bonds is 14. The van der Waals surface area contributed by atoms with Crippen LogP contribution < -0.4 is 10.9 Å². The van der Waals surface area contributed by atoms with Gasteiger partial charge in [-0.25, -0.2) is 4.79 Å². The molecule has 0 aromatic carbocycles. The standard InChI is InChI=1S/C25H36N2O6/c1-6-33-24(31)12-8-7-11-22(26-19(5)28)23(30)15-20-10-9-13-27(25(20)32)16-21(29)14-18(4)17(2)3/h8-10,12-13,17-18,22H,6-7,11,14-16H2,1-5H3,(H,26,28)/b12-8+/t18?,22-/m0/s1. The van der Waals surface area contributed by atoms with Gasteiger partial charge in [-0.2, -0.15) is 0 Å². The molecule has 1 aromatic rings. The van der Waals surface area contributed by atoms with E-state index < -0.39 is 12.0 Å². The van der Waals surface area contributed by atoms with E-state index in [-0.39, 0.29) is 60.5 Å². The molecule has 0 saturated carbocycles. The molecule has 2 atom stereocenters. The minimum atomic E-state index is -0.795. The van der Waals surface area contributed by atoms with Gasteiger partial charge in [-0.15, -0.1) is 0 Å². The predicted octanol–water partition coefficient (Wildman–Crippen LogP) is 2.62. The number of nitrogens with one attached hydrogen (secondary N) is 1. The van der Waals surface area contributed by atoms with Crippen LogP contribution in [0.25, 0.3) is 0 Å². The maximum Gasteiger partial charge on any atom is 0.330 e. The lowest BCUT2D eigenvalue weighted by atomic mass is 9.93. The van der Waals surface area contributed by atoms with Crippen molar-refractivity contribution in [2.24, 2.45) is 11.8 Å². The van der Waals surface area contributed by atoms with Gasteiger partial charge in [0.25, 0.3) is 5.56 Å². The minimum Gasteiger partial charge on any atom is -0.463 e. The van der Waals surface area contributed by atoms with E-state index in [4.69, 9.17) is 4.74 Å². The number of nitrogens with zero attached hydrogens (tertiary/aromatic N) is 1. The SMILES string of the molecule is CCOC(=O)/C=C/CC[C@H](NC(C)=O)C(=O)Cc1cccn(CC(=O)CC(C)C(C)C)c1=O. The maximum atomic E-state index is 12.8. The number of ketones is 2. The number of carbonyl (C=O) groups excluding carboxylic acids is 4. The smallest absolute Gasteiger partial charge is 0.330 e. The van der Waals surface area contributed by atoms with Crippen LogP contribution in [-0.4, -0.2) is 40.7 Å². The molecule has 0 aliphatic carbocycles. The first kappa shape index (κ1) is 28.0. The molecule has 0 aliphatic heterocycles. The number of hydrogen-bond donors (Lipinski definition) is 1. The monoisotopic (exact) mass is 460 g/mol. The number of hydrogen-bond acceptors (Lipinski definition) is 6. The van der Waals surface area contributed by atoms with Gasteiger partial charge in [-0.1, -0.05) is 32.9 Å². The maximum absolute atomic E-state index is 12.8. The Kier molecular flexibility index (Phi) is 12.0. The average Bonchev–Trinajstić information content (AvgIpc) is 2.72. The molecular formula is C25H36N2O6. The first-order valence-corrected chi connectivity index (χ1v) is 11.4. The van der Waals surface area contributed by atoms with E-state index in [0.29, 0.717) is 18.8 Å². The Morgan fingerprint density at radius 3 is 2.48 bits per heavy atom. The van der Waals surface area contributed by atoms with E-state index in [9.17, 15) is 24.0 Å². The Balaban J connectivity index is 2.85. The van der Waals surface area contributed by atoms with Crippen molar-refractivity contribution in [3.05, 3.63) is 46.4 Å². The summed E-state index contributed by atoms with van der Waals surface area (Å²) in [7, 11) is 0. The quantitative estimate of drug-likeness (QED) is 0.337. The van der Waals surface area contributed by atoms with Crippen molar-refractivity contribution in [3.63, 3.8) is 0 Å². The molecule has 0 aliphatic rings. The van der Waals surface area contributed by atoms with Crippen molar-refractivity contribution in [1.82, 2.24) is 9.88 Å². The van der Waals surface area contributed by atoms with Crippen molar-refractivity contribution < 1.29 is 23.9 Å². The molecule has 1 aromatic heterocycles. The van der Waals surface area contributed by atoms with E-state index in [2.05, 4.69) is 19.2 Å². The minimum absolute atomic E-state index is 0.0358. The molecule has 8 nitrogen and oxygen atoms in total. The molecule has 33 heavy (non-hydrogen) atoms. The van der Waals surface area contributed by atoms with E-state index >= 15 is 0 Å². The lowest BCUT2D eigenvalue weighted by Crippen LogP contribution is -2.41. The van der Waals surface area contributed by atoms with Gasteiger partial charge in [-0.05, 0) is 37.7 Å². The number of allylic oxidation sites excluding steroid dienone is 1. The first-order valence-electron chi connectivity index (χ1n) is 11.4. The number of carbonyl (C=O) groups is 4. The number of pyridine rings is 1. The summed E-state index contributed by atoms with van der Waals surface area (Å²) >= 11 is 0. The molecule has 1 rings (SSSR count). The fraction of sp³-hybridized carbons (Fsp3) is 0.560. The van der Waals surface area contributed by atoms with Crippen LogP contribution in [0.1, 0.15) is 59.4 Å². The van der Waals surface area contributed by atoms with Crippen molar-refractivity contribution in [1.29, 1.82) is 0 Å². The zero-order chi connectivity index (χ0) is 25.0. The zero-order valence-corrected chi connectivity index (χ0v) is 20.3. The second-order valence-corrected chi connectivity index (χ2v) is 8.56. The zero-order valence-electron chi connectivity index (χ0n) is 20.3. The van der Waals surface area contributed by atoms with Crippen molar-refractivity contribution >= 4 is 23.4 Å². The Bertz CT molecular complexity index is 916. The van der Waals surface area contributed by atoms with Crippen LogP contribution in [0.2, 0.25) is 0 Å². The van der Waals surface area contributed by atoms with Crippen LogP contribution in [0.15, 0.2) is 35.3 Å². The third kappa shape index (κ3) is 10.4. The third-order valence-corrected chi connectivity index (χ3v) is 5.43. The molecule has 0 saturated heterocycles. The normalized spacial score (nSPS) is 13.0. The first-order chi connectivity index (χ1) is 15.5. The van der Waals surface area contributed by atoms with Gasteiger partial charge < -0.3 is 14.6 Å². The van der Waals surface area contributed by atoms with Gasteiger partial charge in [0.15, 0.2) is 11.6 Å². The highest BCUT2D eigenvalue weighted by Gasteiger charge is 2.21. The number of amides is 1. The topological polar surface area (TPSA) is 112 Å². The van der Waals surface area contributed by atoms with Gasteiger partial charge in [0.1, 0.15) is 0 Å². The Morgan fingerprint density at radius 1 is 1.18 bits per heavy atom. The van der Waals surface area contributed by atoms with Gasteiger partial charge in [0.2, 0.25) is 5.91 Å². The van der Waals surface area contributed by atoms with Gasteiger partial charge in [0, 0.05) is 37.6 Å². The molecular weight excluding hydrogens is 424 g/mol. The largest absolute Gasteiger partial charge is 0.463 e. The number of aromatic nitrogens is 1. The van der Waals surface area contributed by atoms with Crippen LogP contribution in [0.4, 0.5) is 0 Å². The van der Waals surface area contributed by atoms with E-state index in [0.717, 1.165) is 0 Å². The summed E-state index contributed by atoms with van der Waals surface area (Å²) in [5.74, 6) is -0.600. The second-order valence-electron chi connectivity index (χ2n) is 8.56. The number of Topliss-reactive ketones (excluding diaryl/α,β-unsaturated/α-hetero) is 2. The Morgan fingerprint density at radius 2 is 1.88 bits per heavy atom. The molecule has 1 N–H and O–H groups in total. The molecule has 0 fully saturated rings. The van der Waals surface area contributed by atoms with Crippen LogP contribution in [0, 0.1) is 11.8 Å². The van der Waals surface area contributed by atoms with Crippen molar-refractivity contribution in [2.45, 2.75) is 72.9 Å². The molecule has 0 radical (unpaired) electrons. The molecule has 8 heteroatoms. The lowest BCUT2D eigenvalue weighted by Gasteiger charge is -2.17. The summed E-state index contributed by atoms with van der Waals surface area (Å²) in [5, 5.41) is 2.61. The summed E-state index contributed by atoms with van der Waals surface area (Å²) in [6.45, 7) is 9.36. The van der Waals surface area contributed by atoms with Gasteiger partial charge in [-0.3, -0.25) is 19.2 Å². The highest BCUT2D eigenvalue weighted by atomic mass is 16.5. The average molecular weight is 461 g/mol. The van der Waals surface area contributed by atoms with Crippen LogP contribution >= 0.6 is 0 Å². The summed E-state index contributed by atoms with van der Waals surface area (Å²) < 4.78 is 6.13. The van der Waals surface area contributed by atoms with E-state index in [1.54, 1.807) is 31.3 Å². The summed E-state index contributed by atoms with van der Waals surface area (Å²) in [6.07, 6.45) is 5.28. The molecule has 0 bridgehead atoms. The molecule has 182 valence electrons. The molecule has 1 unspecified atom stereocenters. The summed E-state index contributed by atoms with van der Waals surface area (Å²) in [4.78, 5) is 60.9. The third-order valence-electron chi connectivity index (χ3n) is 5.43. The summed E-state index contributed by atoms with van der Waals surface area (Å²) in [6, 6.07) is 2.40. The molecule has 0 spiro atoms. The van der Waals surface area contributed by atoms with Crippen molar-refractivity contribution in [2.75, 3.05) is 6.61 Å². The fourth-order valence-electron chi connectivity index (χ4n) is 3.20. The fourth-order valence-corrected chi connectivity index (χ4v) is 3.20.